The van der Waals surface area contributed by atoms with E-state index in [1.165, 1.54) is 36.9 Å². The maximum Gasteiger partial charge on any atom is 0.0433 e. The van der Waals surface area contributed by atoms with Crippen molar-refractivity contribution in [2.45, 2.75) is 6.92 Å². The van der Waals surface area contributed by atoms with Gasteiger partial charge in [-0.15, -0.1) is 11.3 Å². The predicted molar refractivity (Wildman–Crippen MR) is 94.5 cm³/mol. The third-order valence-corrected chi connectivity index (χ3v) is 5.35. The van der Waals surface area contributed by atoms with Crippen LogP contribution >= 0.6 is 22.9 Å². The molecular formula is C19H13ClS. The highest BCUT2D eigenvalue weighted by Gasteiger charge is 2.11. The van der Waals surface area contributed by atoms with E-state index in [1.54, 1.807) is 0 Å². The van der Waals surface area contributed by atoms with Gasteiger partial charge in [-0.2, -0.15) is 0 Å². The Morgan fingerprint density at radius 2 is 1.62 bits per heavy atom. The molecule has 0 aliphatic heterocycles. The van der Waals surface area contributed by atoms with E-state index in [2.05, 4.69) is 61.5 Å². The van der Waals surface area contributed by atoms with Crippen LogP contribution in [-0.2, 0) is 0 Å². The third-order valence-electron chi connectivity index (χ3n) is 3.89. The van der Waals surface area contributed by atoms with Crippen molar-refractivity contribution in [3.8, 4) is 11.1 Å². The molecule has 0 saturated carbocycles. The molecule has 102 valence electrons. The van der Waals surface area contributed by atoms with E-state index in [0.717, 1.165) is 5.02 Å². The van der Waals surface area contributed by atoms with E-state index in [1.807, 2.05) is 17.4 Å². The molecule has 0 saturated heterocycles. The van der Waals surface area contributed by atoms with Crippen molar-refractivity contribution < 1.29 is 0 Å². The van der Waals surface area contributed by atoms with Gasteiger partial charge in [0.2, 0.25) is 0 Å². The van der Waals surface area contributed by atoms with Crippen LogP contribution in [0, 0.1) is 6.92 Å². The summed E-state index contributed by atoms with van der Waals surface area (Å²) in [5, 5.41) is 3.44. The first kappa shape index (κ1) is 12.9. The number of rotatable bonds is 1. The SMILES string of the molecule is Cc1ccc(Cl)cc1-c1cccc2c1sc1ccccc12. The van der Waals surface area contributed by atoms with E-state index in [0.29, 0.717) is 0 Å². The van der Waals surface area contributed by atoms with Gasteiger partial charge in [0.1, 0.15) is 0 Å². The van der Waals surface area contributed by atoms with Crippen molar-refractivity contribution in [3.63, 3.8) is 0 Å². The summed E-state index contributed by atoms with van der Waals surface area (Å²) in [6.07, 6.45) is 0. The molecule has 4 rings (SSSR count). The Morgan fingerprint density at radius 3 is 2.52 bits per heavy atom. The second-order valence-corrected chi connectivity index (χ2v) is 6.73. The van der Waals surface area contributed by atoms with Gasteiger partial charge >= 0.3 is 0 Å². The average Bonchev–Trinajstić information content (AvgIpc) is 2.88. The molecular weight excluding hydrogens is 296 g/mol. The molecule has 0 N–H and O–H groups in total. The van der Waals surface area contributed by atoms with Gasteiger partial charge < -0.3 is 0 Å². The molecule has 0 spiro atoms. The molecule has 0 fully saturated rings. The minimum Gasteiger partial charge on any atom is -0.135 e. The van der Waals surface area contributed by atoms with E-state index < -0.39 is 0 Å². The zero-order valence-corrected chi connectivity index (χ0v) is 13.1. The van der Waals surface area contributed by atoms with Gasteiger partial charge in [0.05, 0.1) is 0 Å². The molecule has 0 bridgehead atoms. The van der Waals surface area contributed by atoms with E-state index in [9.17, 15) is 0 Å². The van der Waals surface area contributed by atoms with E-state index in [-0.39, 0.29) is 0 Å². The number of hydrogen-bond donors (Lipinski definition) is 0. The standard InChI is InChI=1S/C19H13ClS/c1-12-9-10-13(20)11-17(12)16-7-4-6-15-14-5-2-3-8-18(14)21-19(15)16/h2-11H,1H3. The molecule has 1 aromatic heterocycles. The molecule has 0 atom stereocenters. The van der Waals surface area contributed by atoms with Crippen molar-refractivity contribution in [1.29, 1.82) is 0 Å². The Bertz CT molecular complexity index is 966. The summed E-state index contributed by atoms with van der Waals surface area (Å²) in [5.41, 5.74) is 3.75. The Hall–Kier alpha value is -1.83. The zero-order chi connectivity index (χ0) is 14.4. The fourth-order valence-corrected chi connectivity index (χ4v) is 4.25. The van der Waals surface area contributed by atoms with Crippen molar-refractivity contribution in [2.75, 3.05) is 0 Å². The van der Waals surface area contributed by atoms with Crippen LogP contribution in [0.25, 0.3) is 31.3 Å². The predicted octanol–water partition coefficient (Wildman–Crippen LogP) is 6.68. The first-order valence-corrected chi connectivity index (χ1v) is 8.10. The molecule has 21 heavy (non-hydrogen) atoms. The summed E-state index contributed by atoms with van der Waals surface area (Å²) >= 11 is 8.05. The molecule has 0 unspecified atom stereocenters. The summed E-state index contributed by atoms with van der Waals surface area (Å²) in [4.78, 5) is 0. The molecule has 4 aromatic rings. The lowest BCUT2D eigenvalue weighted by Gasteiger charge is -2.08. The Kier molecular flexibility index (Phi) is 2.99. The average molecular weight is 309 g/mol. The Morgan fingerprint density at radius 1 is 0.810 bits per heavy atom. The first-order chi connectivity index (χ1) is 10.2. The van der Waals surface area contributed by atoms with Crippen LogP contribution in [0.2, 0.25) is 5.02 Å². The maximum absolute atomic E-state index is 6.20. The normalized spacial score (nSPS) is 11.3. The molecule has 0 radical (unpaired) electrons. The van der Waals surface area contributed by atoms with Crippen LogP contribution in [0.4, 0.5) is 0 Å². The highest BCUT2D eigenvalue weighted by molar-refractivity contribution is 7.26. The number of hydrogen-bond acceptors (Lipinski definition) is 1. The van der Waals surface area contributed by atoms with Gasteiger partial charge in [-0.3, -0.25) is 0 Å². The fourth-order valence-electron chi connectivity index (χ4n) is 2.84. The van der Waals surface area contributed by atoms with Gasteiger partial charge in [-0.1, -0.05) is 54.1 Å². The smallest absolute Gasteiger partial charge is 0.0433 e. The lowest BCUT2D eigenvalue weighted by molar-refractivity contribution is 1.47. The summed E-state index contributed by atoms with van der Waals surface area (Å²) in [6.45, 7) is 2.14. The van der Waals surface area contributed by atoms with Gasteiger partial charge in [0.15, 0.2) is 0 Å². The molecule has 0 aliphatic rings. The van der Waals surface area contributed by atoms with E-state index >= 15 is 0 Å². The molecule has 2 heteroatoms. The largest absolute Gasteiger partial charge is 0.135 e. The van der Waals surface area contributed by atoms with Crippen molar-refractivity contribution >= 4 is 43.1 Å². The minimum atomic E-state index is 0.786. The van der Waals surface area contributed by atoms with Crippen LogP contribution in [0.15, 0.2) is 60.7 Å². The van der Waals surface area contributed by atoms with Crippen LogP contribution in [0.1, 0.15) is 5.56 Å². The van der Waals surface area contributed by atoms with Crippen molar-refractivity contribution in [1.82, 2.24) is 0 Å². The van der Waals surface area contributed by atoms with Crippen LogP contribution < -0.4 is 0 Å². The molecule has 0 amide bonds. The lowest BCUT2D eigenvalue weighted by atomic mass is 9.99. The van der Waals surface area contributed by atoms with Gasteiger partial charge in [-0.25, -0.2) is 0 Å². The van der Waals surface area contributed by atoms with Gasteiger partial charge in [0.25, 0.3) is 0 Å². The van der Waals surface area contributed by atoms with Crippen LogP contribution in [0.3, 0.4) is 0 Å². The first-order valence-electron chi connectivity index (χ1n) is 6.91. The lowest BCUT2D eigenvalue weighted by Crippen LogP contribution is -1.83. The Labute approximate surface area is 132 Å². The summed E-state index contributed by atoms with van der Waals surface area (Å²) in [5.74, 6) is 0. The minimum absolute atomic E-state index is 0.786. The van der Waals surface area contributed by atoms with Crippen molar-refractivity contribution in [3.05, 3.63) is 71.2 Å². The molecule has 1 heterocycles. The topological polar surface area (TPSA) is 0 Å². The number of fused-ring (bicyclic) bond motifs is 3. The number of benzene rings is 3. The molecule has 3 aromatic carbocycles. The molecule has 0 nitrogen and oxygen atoms in total. The fraction of sp³-hybridized carbons (Fsp3) is 0.0526. The summed E-state index contributed by atoms with van der Waals surface area (Å²) in [7, 11) is 0. The molecule has 0 aliphatic carbocycles. The number of aryl methyl sites for hydroxylation is 1. The van der Waals surface area contributed by atoms with Crippen molar-refractivity contribution in [2.24, 2.45) is 0 Å². The summed E-state index contributed by atoms with van der Waals surface area (Å²) in [6, 6.07) is 21.2. The number of thiophene rings is 1. The van der Waals surface area contributed by atoms with Gasteiger partial charge in [0, 0.05) is 25.2 Å². The highest BCUT2D eigenvalue weighted by atomic mass is 35.5. The second-order valence-electron chi connectivity index (χ2n) is 5.24. The van der Waals surface area contributed by atoms with E-state index in [4.69, 9.17) is 11.6 Å². The summed E-state index contributed by atoms with van der Waals surface area (Å²) < 4.78 is 2.67. The quantitative estimate of drug-likeness (QED) is 0.368. The number of halogens is 1. The third kappa shape index (κ3) is 2.05. The highest BCUT2D eigenvalue weighted by Crippen LogP contribution is 2.40. The van der Waals surface area contributed by atoms with Gasteiger partial charge in [-0.05, 0) is 41.8 Å². The second kappa shape index (κ2) is 4.87. The van der Waals surface area contributed by atoms with Crippen LogP contribution in [0.5, 0.6) is 0 Å². The van der Waals surface area contributed by atoms with Crippen LogP contribution in [-0.4, -0.2) is 0 Å². The maximum atomic E-state index is 6.20. The monoisotopic (exact) mass is 308 g/mol. The Balaban J connectivity index is 2.12. The zero-order valence-electron chi connectivity index (χ0n) is 11.6.